The van der Waals surface area contributed by atoms with Crippen LogP contribution in [0, 0.1) is 0 Å². The van der Waals surface area contributed by atoms with Crippen molar-refractivity contribution in [1.29, 1.82) is 0 Å². The number of aliphatic carboxylic acids is 1. The van der Waals surface area contributed by atoms with E-state index >= 15 is 0 Å². The third-order valence-corrected chi connectivity index (χ3v) is 4.31. The predicted molar refractivity (Wildman–Crippen MR) is 105 cm³/mol. The fourth-order valence-electron chi connectivity index (χ4n) is 2.59. The summed E-state index contributed by atoms with van der Waals surface area (Å²) in [5.41, 5.74) is 0.238. The van der Waals surface area contributed by atoms with Gasteiger partial charge in [-0.1, -0.05) is 29.8 Å². The van der Waals surface area contributed by atoms with E-state index in [1.165, 1.54) is 43.3 Å². The molecule has 148 valence electrons. The highest BCUT2D eigenvalue weighted by molar-refractivity contribution is 6.39. The molecule has 0 bridgehead atoms. The number of amides is 4. The number of para-hydroxylation sites is 1. The first-order valence-electron chi connectivity index (χ1n) is 8.43. The molecule has 29 heavy (non-hydrogen) atoms. The molecule has 1 aliphatic rings. The van der Waals surface area contributed by atoms with Crippen LogP contribution in [0.15, 0.2) is 54.1 Å². The second-order valence-electron chi connectivity index (χ2n) is 6.07. The Morgan fingerprint density at radius 1 is 1.14 bits per heavy atom. The molecule has 8 nitrogen and oxygen atoms in total. The van der Waals surface area contributed by atoms with E-state index in [0.29, 0.717) is 10.6 Å². The van der Waals surface area contributed by atoms with Crippen molar-refractivity contribution in [3.63, 3.8) is 0 Å². The Hall–Kier alpha value is -3.65. The molecule has 4 amide bonds. The minimum absolute atomic E-state index is 0.172. The molecule has 1 saturated heterocycles. The van der Waals surface area contributed by atoms with Gasteiger partial charge in [-0.15, -0.1) is 0 Å². The summed E-state index contributed by atoms with van der Waals surface area (Å²) in [4.78, 5) is 49.3. The Bertz CT molecular complexity index is 1030. The number of hydrogen-bond acceptors (Lipinski definition) is 5. The number of barbiturate groups is 1. The van der Waals surface area contributed by atoms with E-state index in [1.807, 2.05) is 0 Å². The molecule has 2 N–H and O–H groups in total. The van der Waals surface area contributed by atoms with Crippen molar-refractivity contribution in [2.45, 2.75) is 13.0 Å². The van der Waals surface area contributed by atoms with Gasteiger partial charge in [0.05, 0.1) is 5.69 Å². The van der Waals surface area contributed by atoms with Gasteiger partial charge >= 0.3 is 12.0 Å². The minimum atomic E-state index is -1.17. The van der Waals surface area contributed by atoms with Crippen molar-refractivity contribution in [2.24, 2.45) is 0 Å². The molecule has 0 radical (unpaired) electrons. The normalized spacial score (nSPS) is 16.6. The maximum absolute atomic E-state index is 12.9. The van der Waals surface area contributed by atoms with Gasteiger partial charge in [0.25, 0.3) is 11.8 Å². The molecule has 3 rings (SSSR count). The Kier molecular flexibility index (Phi) is 5.65. The fourth-order valence-corrected chi connectivity index (χ4v) is 2.71. The number of nitrogens with zero attached hydrogens (tertiary/aromatic N) is 1. The molecular weight excluding hydrogens is 400 g/mol. The third-order valence-electron chi connectivity index (χ3n) is 4.06. The smallest absolute Gasteiger partial charge is 0.344 e. The summed E-state index contributed by atoms with van der Waals surface area (Å²) in [6, 6.07) is 11.4. The summed E-state index contributed by atoms with van der Waals surface area (Å²) in [7, 11) is 0. The lowest BCUT2D eigenvalue weighted by molar-refractivity contribution is -0.144. The van der Waals surface area contributed by atoms with Gasteiger partial charge in [0.2, 0.25) is 0 Å². The molecular formula is C20H15ClN2O6. The second-order valence-corrected chi connectivity index (χ2v) is 6.51. The second kappa shape index (κ2) is 8.15. The number of nitrogens with one attached hydrogen (secondary N) is 1. The molecule has 1 fully saturated rings. The molecule has 0 unspecified atom stereocenters. The molecule has 1 aliphatic heterocycles. The molecule has 1 heterocycles. The molecule has 0 aromatic heterocycles. The van der Waals surface area contributed by atoms with Gasteiger partial charge in [-0.25, -0.2) is 14.5 Å². The van der Waals surface area contributed by atoms with Crippen molar-refractivity contribution in [2.75, 3.05) is 4.90 Å². The molecule has 0 aliphatic carbocycles. The molecule has 0 spiro atoms. The maximum Gasteiger partial charge on any atom is 0.344 e. The summed E-state index contributed by atoms with van der Waals surface area (Å²) in [6.07, 6.45) is 0.106. The van der Waals surface area contributed by atoms with E-state index in [-0.39, 0.29) is 17.0 Å². The van der Waals surface area contributed by atoms with Gasteiger partial charge < -0.3 is 9.84 Å². The summed E-state index contributed by atoms with van der Waals surface area (Å²) in [6.45, 7) is 1.35. The van der Waals surface area contributed by atoms with Gasteiger partial charge in [-0.2, -0.15) is 0 Å². The van der Waals surface area contributed by atoms with Gasteiger partial charge in [0, 0.05) is 10.6 Å². The number of hydrogen-bond donors (Lipinski definition) is 2. The lowest BCUT2D eigenvalue weighted by Gasteiger charge is -2.26. The van der Waals surface area contributed by atoms with Crippen LogP contribution in [0.1, 0.15) is 12.5 Å². The molecule has 2 aromatic carbocycles. The van der Waals surface area contributed by atoms with E-state index < -0.39 is 29.9 Å². The highest BCUT2D eigenvalue weighted by atomic mass is 35.5. The first kappa shape index (κ1) is 20.1. The summed E-state index contributed by atoms with van der Waals surface area (Å²) >= 11 is 5.84. The zero-order valence-electron chi connectivity index (χ0n) is 15.1. The third kappa shape index (κ3) is 4.27. The van der Waals surface area contributed by atoms with Crippen LogP contribution in [-0.4, -0.2) is 35.0 Å². The summed E-state index contributed by atoms with van der Waals surface area (Å²) in [5, 5.41) is 11.6. The number of carboxylic acid groups (broad SMARTS) is 1. The molecule has 2 aromatic rings. The first-order valence-corrected chi connectivity index (χ1v) is 8.81. The van der Waals surface area contributed by atoms with Crippen LogP contribution >= 0.6 is 11.6 Å². The number of ether oxygens (including phenoxy) is 1. The Morgan fingerprint density at radius 3 is 2.45 bits per heavy atom. The average Bonchev–Trinajstić information content (AvgIpc) is 2.67. The van der Waals surface area contributed by atoms with E-state index in [2.05, 4.69) is 5.32 Å². The quantitative estimate of drug-likeness (QED) is 0.574. The topological polar surface area (TPSA) is 113 Å². The lowest BCUT2D eigenvalue weighted by atomic mass is 10.1. The largest absolute Gasteiger partial charge is 0.479 e. The van der Waals surface area contributed by atoms with Gasteiger partial charge in [0.15, 0.2) is 6.10 Å². The van der Waals surface area contributed by atoms with Crippen molar-refractivity contribution in [3.8, 4) is 5.75 Å². The number of carbonyl (C=O) groups excluding carboxylic acids is 3. The van der Waals surface area contributed by atoms with Crippen LogP contribution in [0.5, 0.6) is 5.75 Å². The first-order chi connectivity index (χ1) is 13.8. The van der Waals surface area contributed by atoms with Gasteiger partial charge in [0.1, 0.15) is 11.3 Å². The maximum atomic E-state index is 12.9. The number of urea groups is 1. The van der Waals surface area contributed by atoms with Crippen LogP contribution < -0.4 is 15.0 Å². The van der Waals surface area contributed by atoms with Gasteiger partial charge in [-0.05, 0) is 43.3 Å². The predicted octanol–water partition coefficient (Wildman–Crippen LogP) is 2.86. The van der Waals surface area contributed by atoms with Crippen LogP contribution in [0.25, 0.3) is 6.08 Å². The molecule has 0 saturated carbocycles. The van der Waals surface area contributed by atoms with E-state index in [0.717, 1.165) is 4.90 Å². The standard InChI is InChI=1S/C20H15ClN2O6/c1-11(19(26)27)29-16-5-3-2-4-12(16)10-15-17(24)22-20(28)23(18(15)25)14-8-6-13(21)7-9-14/h2-11H,1H3,(H,26,27)(H,22,24,28)/b15-10+/t11-/m1/s1. The number of anilines is 1. The number of imide groups is 2. The Balaban J connectivity index is 1.99. The van der Waals surface area contributed by atoms with Crippen LogP contribution in [0.4, 0.5) is 10.5 Å². The number of halogens is 1. The summed E-state index contributed by atoms with van der Waals surface area (Å²) < 4.78 is 5.38. The number of rotatable bonds is 5. The SMILES string of the molecule is C[C@@H](Oc1ccccc1/C=C1\C(=O)NC(=O)N(c2ccc(Cl)cc2)C1=O)C(=O)O. The molecule has 1 atom stereocenters. The zero-order chi connectivity index (χ0) is 21.1. The monoisotopic (exact) mass is 414 g/mol. The Labute approximate surface area is 170 Å². The van der Waals surface area contributed by atoms with Gasteiger partial charge in [-0.3, -0.25) is 14.9 Å². The number of benzene rings is 2. The average molecular weight is 415 g/mol. The van der Waals surface area contributed by atoms with Crippen LogP contribution in [0.3, 0.4) is 0 Å². The number of carboxylic acids is 1. The van der Waals surface area contributed by atoms with E-state index in [1.54, 1.807) is 18.2 Å². The minimum Gasteiger partial charge on any atom is -0.479 e. The van der Waals surface area contributed by atoms with E-state index in [9.17, 15) is 19.2 Å². The highest BCUT2D eigenvalue weighted by Gasteiger charge is 2.37. The summed E-state index contributed by atoms with van der Waals surface area (Å²) in [5.74, 6) is -2.70. The van der Waals surface area contributed by atoms with Crippen molar-refractivity contribution >= 4 is 47.2 Å². The van der Waals surface area contributed by atoms with Crippen LogP contribution in [0.2, 0.25) is 5.02 Å². The van der Waals surface area contributed by atoms with Crippen molar-refractivity contribution in [1.82, 2.24) is 5.32 Å². The van der Waals surface area contributed by atoms with Crippen LogP contribution in [-0.2, 0) is 14.4 Å². The number of carbonyl (C=O) groups is 4. The fraction of sp³-hybridized carbons (Fsp3) is 0.100. The van der Waals surface area contributed by atoms with Crippen molar-refractivity contribution < 1.29 is 29.0 Å². The van der Waals surface area contributed by atoms with E-state index in [4.69, 9.17) is 21.4 Å². The Morgan fingerprint density at radius 2 is 1.79 bits per heavy atom. The van der Waals surface area contributed by atoms with Crippen molar-refractivity contribution in [3.05, 3.63) is 64.7 Å². The lowest BCUT2D eigenvalue weighted by Crippen LogP contribution is -2.54. The highest BCUT2D eigenvalue weighted by Crippen LogP contribution is 2.26. The zero-order valence-corrected chi connectivity index (χ0v) is 15.8. The molecule has 9 heteroatoms.